The highest BCUT2D eigenvalue weighted by atomic mass is 16.5. The highest BCUT2D eigenvalue weighted by Crippen LogP contribution is 2.33. The SMILES string of the molecule is C=C1C(NC(=O)OCc2ccccc2)N=C(c2ccccc2)c2ccccc2N1/C(=N\N)c1ccccc1. The van der Waals surface area contributed by atoms with E-state index in [1.54, 1.807) is 0 Å². The van der Waals surface area contributed by atoms with Crippen molar-refractivity contribution in [2.75, 3.05) is 4.90 Å². The van der Waals surface area contributed by atoms with Crippen LogP contribution in [0.25, 0.3) is 0 Å². The molecule has 1 aliphatic heterocycles. The molecule has 0 radical (unpaired) electrons. The number of ether oxygens (including phenoxy) is 1. The van der Waals surface area contributed by atoms with Crippen molar-refractivity contribution in [3.63, 3.8) is 0 Å². The first-order chi connectivity index (χ1) is 18.7. The Kier molecular flexibility index (Phi) is 7.27. The van der Waals surface area contributed by atoms with E-state index in [0.717, 1.165) is 27.9 Å². The van der Waals surface area contributed by atoms with Crippen molar-refractivity contribution in [3.05, 3.63) is 150 Å². The fraction of sp³-hybridized carbons (Fsp3) is 0.0645. The van der Waals surface area contributed by atoms with Gasteiger partial charge in [0.2, 0.25) is 0 Å². The molecule has 0 saturated carbocycles. The Morgan fingerprint density at radius 2 is 1.50 bits per heavy atom. The molecule has 7 heteroatoms. The minimum absolute atomic E-state index is 0.130. The predicted octanol–water partition coefficient (Wildman–Crippen LogP) is 5.43. The molecule has 4 aromatic carbocycles. The molecule has 38 heavy (non-hydrogen) atoms. The molecular formula is C31H27N5O2. The van der Waals surface area contributed by atoms with Gasteiger partial charge in [-0.3, -0.25) is 15.2 Å². The molecule has 1 heterocycles. The summed E-state index contributed by atoms with van der Waals surface area (Å²) in [4.78, 5) is 19.8. The number of aliphatic imine (C=N–C) groups is 1. The van der Waals surface area contributed by atoms with Gasteiger partial charge in [0.15, 0.2) is 12.0 Å². The van der Waals surface area contributed by atoms with E-state index in [9.17, 15) is 4.79 Å². The van der Waals surface area contributed by atoms with Crippen molar-refractivity contribution in [2.45, 2.75) is 12.8 Å². The van der Waals surface area contributed by atoms with E-state index in [1.165, 1.54) is 0 Å². The van der Waals surface area contributed by atoms with E-state index >= 15 is 0 Å². The molecule has 3 N–H and O–H groups in total. The number of benzodiazepines with no additional fused rings is 1. The second-order valence-electron chi connectivity index (χ2n) is 8.61. The highest BCUT2D eigenvalue weighted by molar-refractivity contribution is 6.21. The first kappa shape index (κ1) is 24.5. The van der Waals surface area contributed by atoms with Gasteiger partial charge in [-0.25, -0.2) is 4.79 Å². The number of hydrazone groups is 1. The van der Waals surface area contributed by atoms with Gasteiger partial charge in [-0.2, -0.15) is 5.10 Å². The van der Waals surface area contributed by atoms with Gasteiger partial charge in [-0.05, 0) is 11.6 Å². The van der Waals surface area contributed by atoms with Gasteiger partial charge < -0.3 is 10.6 Å². The monoisotopic (exact) mass is 501 g/mol. The number of anilines is 1. The van der Waals surface area contributed by atoms with Crippen molar-refractivity contribution in [2.24, 2.45) is 15.9 Å². The maximum absolute atomic E-state index is 13.0. The summed E-state index contributed by atoms with van der Waals surface area (Å²) >= 11 is 0. The maximum Gasteiger partial charge on any atom is 0.409 e. The zero-order valence-corrected chi connectivity index (χ0v) is 20.7. The van der Waals surface area contributed by atoms with Crippen molar-refractivity contribution in [1.29, 1.82) is 0 Å². The Morgan fingerprint density at radius 1 is 0.895 bits per heavy atom. The summed E-state index contributed by atoms with van der Waals surface area (Å²) in [6.07, 6.45) is -1.48. The third-order valence-corrected chi connectivity index (χ3v) is 6.14. The lowest BCUT2D eigenvalue weighted by molar-refractivity contribution is 0.137. The summed E-state index contributed by atoms with van der Waals surface area (Å²) in [6, 6.07) is 36.7. The van der Waals surface area contributed by atoms with Crippen LogP contribution in [0.1, 0.15) is 22.3 Å². The van der Waals surface area contributed by atoms with Gasteiger partial charge in [0.1, 0.15) is 6.61 Å². The van der Waals surface area contributed by atoms with Gasteiger partial charge in [0, 0.05) is 16.7 Å². The van der Waals surface area contributed by atoms with Crippen LogP contribution in [0.2, 0.25) is 0 Å². The average Bonchev–Trinajstić information content (AvgIpc) is 3.09. The van der Waals surface area contributed by atoms with Gasteiger partial charge in [-0.15, -0.1) is 0 Å². The molecule has 0 bridgehead atoms. The molecule has 4 aromatic rings. The number of amides is 1. The lowest BCUT2D eigenvalue weighted by Gasteiger charge is -2.30. The standard InChI is InChI=1S/C31H27N5O2/c1-22-29(34-31(37)38-21-23-13-5-2-6-14-23)33-28(24-15-7-3-8-16-24)26-19-11-12-20-27(26)36(22)30(35-32)25-17-9-4-10-18-25/h2-20,29H,1,21,32H2,(H,34,37)/b35-30-. The van der Waals surface area contributed by atoms with Crippen LogP contribution in [0.15, 0.2) is 138 Å². The van der Waals surface area contributed by atoms with Crippen LogP contribution in [0.3, 0.4) is 0 Å². The third kappa shape index (κ3) is 5.17. The molecule has 1 atom stereocenters. The number of nitrogens with one attached hydrogen (secondary N) is 1. The molecule has 0 fully saturated rings. The van der Waals surface area contributed by atoms with E-state index in [1.807, 2.05) is 120 Å². The molecule has 0 saturated heterocycles. The molecule has 1 amide bonds. The second kappa shape index (κ2) is 11.3. The van der Waals surface area contributed by atoms with Crippen molar-refractivity contribution in [3.8, 4) is 0 Å². The fourth-order valence-corrected chi connectivity index (χ4v) is 4.34. The van der Waals surface area contributed by atoms with Gasteiger partial charge in [-0.1, -0.05) is 116 Å². The fourth-order valence-electron chi connectivity index (χ4n) is 4.34. The third-order valence-electron chi connectivity index (χ3n) is 6.14. The van der Waals surface area contributed by atoms with Crippen molar-refractivity contribution in [1.82, 2.24) is 5.32 Å². The molecular weight excluding hydrogens is 474 g/mol. The number of alkyl carbamates (subject to hydrolysis) is 1. The lowest BCUT2D eigenvalue weighted by atomic mass is 10.00. The summed E-state index contributed by atoms with van der Waals surface area (Å²) in [7, 11) is 0. The van der Waals surface area contributed by atoms with Crippen LogP contribution in [0.4, 0.5) is 10.5 Å². The smallest absolute Gasteiger partial charge is 0.409 e. The van der Waals surface area contributed by atoms with E-state index < -0.39 is 12.3 Å². The molecule has 0 aliphatic carbocycles. The number of rotatable bonds is 5. The Labute approximate surface area is 221 Å². The number of hydrogen-bond donors (Lipinski definition) is 2. The van der Waals surface area contributed by atoms with E-state index in [4.69, 9.17) is 15.6 Å². The van der Waals surface area contributed by atoms with Crippen LogP contribution in [-0.2, 0) is 11.3 Å². The Morgan fingerprint density at radius 3 is 2.18 bits per heavy atom. The molecule has 1 unspecified atom stereocenters. The molecule has 188 valence electrons. The summed E-state index contributed by atoms with van der Waals surface area (Å²) < 4.78 is 5.51. The van der Waals surface area contributed by atoms with Crippen LogP contribution in [-0.4, -0.2) is 23.8 Å². The first-order valence-electron chi connectivity index (χ1n) is 12.2. The van der Waals surface area contributed by atoms with E-state index in [-0.39, 0.29) is 6.61 Å². The number of benzene rings is 4. The predicted molar refractivity (Wildman–Crippen MR) is 151 cm³/mol. The van der Waals surface area contributed by atoms with Crippen molar-refractivity contribution >= 4 is 23.3 Å². The molecule has 0 aromatic heterocycles. The molecule has 7 nitrogen and oxygen atoms in total. The minimum atomic E-state index is -0.860. The van der Waals surface area contributed by atoms with Gasteiger partial charge >= 0.3 is 6.09 Å². The minimum Gasteiger partial charge on any atom is -0.445 e. The van der Waals surface area contributed by atoms with E-state index in [2.05, 4.69) is 17.0 Å². The Balaban J connectivity index is 1.57. The van der Waals surface area contributed by atoms with Gasteiger partial charge in [0.25, 0.3) is 0 Å². The van der Waals surface area contributed by atoms with Gasteiger partial charge in [0.05, 0.1) is 17.1 Å². The lowest BCUT2D eigenvalue weighted by Crippen LogP contribution is -2.43. The molecule has 5 rings (SSSR count). The van der Waals surface area contributed by atoms with Crippen molar-refractivity contribution < 1.29 is 9.53 Å². The number of nitrogens with zero attached hydrogens (tertiary/aromatic N) is 3. The second-order valence-corrected chi connectivity index (χ2v) is 8.61. The number of hydrogen-bond acceptors (Lipinski definition) is 5. The van der Waals surface area contributed by atoms with E-state index in [0.29, 0.717) is 17.2 Å². The topological polar surface area (TPSA) is 92.3 Å². The molecule has 0 spiro atoms. The summed E-state index contributed by atoms with van der Waals surface area (Å²) in [5, 5.41) is 7.04. The Bertz CT molecular complexity index is 1480. The Hall–Kier alpha value is -5.17. The number of carbonyl (C=O) groups excluding carboxylic acids is 1. The zero-order valence-electron chi connectivity index (χ0n) is 20.7. The summed E-state index contributed by atoms with van der Waals surface area (Å²) in [5.74, 6) is 6.44. The normalized spacial score (nSPS) is 15.2. The van der Waals surface area contributed by atoms with Crippen LogP contribution < -0.4 is 16.1 Å². The highest BCUT2D eigenvalue weighted by Gasteiger charge is 2.32. The molecule has 1 aliphatic rings. The summed E-state index contributed by atoms with van der Waals surface area (Å²) in [6.45, 7) is 4.47. The number of amidine groups is 1. The first-order valence-corrected chi connectivity index (χ1v) is 12.2. The zero-order chi connectivity index (χ0) is 26.3. The largest absolute Gasteiger partial charge is 0.445 e. The van der Waals surface area contributed by atoms with Crippen LogP contribution in [0, 0.1) is 0 Å². The number of para-hydroxylation sites is 1. The number of carbonyl (C=O) groups is 1. The quantitative estimate of drug-likeness (QED) is 0.165. The number of fused-ring (bicyclic) bond motifs is 1. The summed E-state index contributed by atoms with van der Waals surface area (Å²) in [5.41, 5.74) is 5.36. The average molecular weight is 502 g/mol. The van der Waals surface area contributed by atoms with Crippen LogP contribution in [0.5, 0.6) is 0 Å². The number of nitrogens with two attached hydrogens (primary N) is 1. The van der Waals surface area contributed by atoms with Crippen LogP contribution >= 0.6 is 0 Å². The maximum atomic E-state index is 13.0.